The van der Waals surface area contributed by atoms with Crippen LogP contribution in [0.4, 0.5) is 4.39 Å². The molecule has 0 amide bonds. The van der Waals surface area contributed by atoms with Crippen LogP contribution in [0.2, 0.25) is 0 Å². The molecule has 1 aromatic carbocycles. The molecule has 2 aromatic rings. The van der Waals surface area contributed by atoms with Crippen LogP contribution in [0.3, 0.4) is 0 Å². The van der Waals surface area contributed by atoms with Crippen LogP contribution < -0.4 is 9.46 Å². The summed E-state index contributed by atoms with van der Waals surface area (Å²) >= 11 is 0. The molecule has 0 radical (unpaired) electrons. The van der Waals surface area contributed by atoms with Gasteiger partial charge in [-0.05, 0) is 59.3 Å². The summed E-state index contributed by atoms with van der Waals surface area (Å²) in [5.74, 6) is -0.503. The zero-order chi connectivity index (χ0) is 25.1. The fourth-order valence-corrected chi connectivity index (χ4v) is 5.11. The van der Waals surface area contributed by atoms with E-state index in [1.807, 2.05) is 53.6 Å². The van der Waals surface area contributed by atoms with Crippen LogP contribution in [-0.4, -0.2) is 37.2 Å². The third-order valence-corrected chi connectivity index (χ3v) is 6.95. The number of nitriles is 1. The predicted octanol–water partition coefficient (Wildman–Crippen LogP) is 4.64. The molecule has 2 unspecified atom stereocenters. The zero-order valence-corrected chi connectivity index (χ0v) is 21.4. The average Bonchev–Trinajstić information content (AvgIpc) is 3.15. The molecule has 1 aromatic heterocycles. The molecule has 182 valence electrons. The molecule has 0 aliphatic carbocycles. The number of hydrogen-bond donors (Lipinski definition) is 1. The summed E-state index contributed by atoms with van der Waals surface area (Å²) in [6.07, 6.45) is 2.40. The Morgan fingerprint density at radius 3 is 2.27 bits per heavy atom. The Kier molecular flexibility index (Phi) is 8.63. The van der Waals surface area contributed by atoms with Gasteiger partial charge in [0.05, 0.1) is 11.7 Å². The normalized spacial score (nSPS) is 14.0. The first-order valence-corrected chi connectivity index (χ1v) is 12.5. The van der Waals surface area contributed by atoms with E-state index >= 15 is 0 Å². The van der Waals surface area contributed by atoms with Crippen molar-refractivity contribution in [2.24, 2.45) is 0 Å². The monoisotopic (exact) mass is 479 g/mol. The molecule has 0 aliphatic heterocycles. The molecule has 0 spiro atoms. The number of aromatic nitrogens is 2. The van der Waals surface area contributed by atoms with Crippen LogP contribution in [0.5, 0.6) is 5.75 Å². The predicted molar refractivity (Wildman–Crippen MR) is 125 cm³/mol. The maximum atomic E-state index is 14.3. The lowest BCUT2D eigenvalue weighted by Crippen LogP contribution is -2.28. The van der Waals surface area contributed by atoms with E-state index in [-0.39, 0.29) is 34.3 Å². The molecule has 8 nitrogen and oxygen atoms in total. The summed E-state index contributed by atoms with van der Waals surface area (Å²) in [5, 5.41) is 13.4. The highest BCUT2D eigenvalue weighted by molar-refractivity contribution is 7.89. The highest BCUT2D eigenvalue weighted by atomic mass is 32.2. The van der Waals surface area contributed by atoms with Crippen LogP contribution in [0.15, 0.2) is 23.2 Å². The third-order valence-electron chi connectivity index (χ3n) is 5.54. The molecule has 33 heavy (non-hydrogen) atoms. The molecule has 1 heterocycles. The van der Waals surface area contributed by atoms with Crippen molar-refractivity contribution in [2.75, 3.05) is 14.1 Å². The molecule has 0 fully saturated rings. The van der Waals surface area contributed by atoms with Crippen LogP contribution in [0.25, 0.3) is 0 Å². The Labute approximate surface area is 196 Å². The second-order valence-corrected chi connectivity index (χ2v) is 10.6. The third kappa shape index (κ3) is 5.91. The standard InChI is InChI=1S/C23H34FN5O3S/c1-9-20(28(7)8)21-12-22(26-29(21)15(4)5)33(30,31)27-16(6)19-11-17(24)10-18(14(2)3)23(19)32-13-25/h10-12,14-16,20,27H,9H2,1-8H3. The summed E-state index contributed by atoms with van der Waals surface area (Å²) in [7, 11) is -0.174. The first-order valence-electron chi connectivity index (χ1n) is 11.0. The van der Waals surface area contributed by atoms with E-state index in [0.717, 1.165) is 12.1 Å². The number of ether oxygens (including phenoxy) is 1. The van der Waals surface area contributed by atoms with Gasteiger partial charge in [0.25, 0.3) is 16.3 Å². The topological polar surface area (TPSA) is 100 Å². The Bertz CT molecular complexity index is 1120. The minimum Gasteiger partial charge on any atom is -0.387 e. The van der Waals surface area contributed by atoms with E-state index < -0.39 is 21.9 Å². The molecule has 0 bridgehead atoms. The van der Waals surface area contributed by atoms with Crippen molar-refractivity contribution >= 4 is 10.0 Å². The van der Waals surface area contributed by atoms with Gasteiger partial charge in [-0.15, -0.1) is 5.26 Å². The summed E-state index contributed by atoms with van der Waals surface area (Å²) in [4.78, 5) is 2.02. The average molecular weight is 480 g/mol. The molecule has 0 saturated heterocycles. The van der Waals surface area contributed by atoms with Gasteiger partial charge in [-0.3, -0.25) is 4.68 Å². The lowest BCUT2D eigenvalue weighted by Gasteiger charge is -2.24. The van der Waals surface area contributed by atoms with Gasteiger partial charge in [0, 0.05) is 29.3 Å². The summed E-state index contributed by atoms with van der Waals surface area (Å²) in [6.45, 7) is 11.2. The minimum atomic E-state index is -4.05. The molecule has 0 saturated carbocycles. The number of hydrogen-bond acceptors (Lipinski definition) is 6. The van der Waals surface area contributed by atoms with Crippen molar-refractivity contribution in [3.8, 4) is 12.0 Å². The van der Waals surface area contributed by atoms with E-state index in [9.17, 15) is 12.8 Å². The number of halogens is 1. The van der Waals surface area contributed by atoms with Crippen molar-refractivity contribution in [3.05, 3.63) is 40.8 Å². The van der Waals surface area contributed by atoms with Gasteiger partial charge in [0.1, 0.15) is 5.82 Å². The van der Waals surface area contributed by atoms with Gasteiger partial charge in [-0.1, -0.05) is 20.8 Å². The highest BCUT2D eigenvalue weighted by Gasteiger charge is 2.29. The molecule has 2 atom stereocenters. The minimum absolute atomic E-state index is 0.00581. The molecular formula is C23H34FN5O3S. The van der Waals surface area contributed by atoms with Gasteiger partial charge in [0.15, 0.2) is 10.8 Å². The lowest BCUT2D eigenvalue weighted by molar-refractivity contribution is 0.271. The van der Waals surface area contributed by atoms with Crippen LogP contribution >= 0.6 is 0 Å². The van der Waals surface area contributed by atoms with Crippen molar-refractivity contribution in [2.45, 2.75) is 77.0 Å². The quantitative estimate of drug-likeness (QED) is 0.498. The molecule has 0 aliphatic rings. The Morgan fingerprint density at radius 2 is 1.79 bits per heavy atom. The number of nitrogens with one attached hydrogen (secondary N) is 1. The molecule has 10 heteroatoms. The van der Waals surface area contributed by atoms with Gasteiger partial charge in [0.2, 0.25) is 0 Å². The van der Waals surface area contributed by atoms with E-state index in [2.05, 4.69) is 9.82 Å². The molecule has 1 N–H and O–H groups in total. The first-order chi connectivity index (χ1) is 15.3. The fraction of sp³-hybridized carbons (Fsp3) is 0.565. The van der Waals surface area contributed by atoms with E-state index in [1.165, 1.54) is 12.1 Å². The Morgan fingerprint density at radius 1 is 1.18 bits per heavy atom. The molecule has 2 rings (SSSR count). The van der Waals surface area contributed by atoms with Gasteiger partial charge in [-0.2, -0.15) is 5.10 Å². The van der Waals surface area contributed by atoms with Gasteiger partial charge in [-0.25, -0.2) is 17.5 Å². The van der Waals surface area contributed by atoms with E-state index in [4.69, 9.17) is 10.00 Å². The maximum Gasteiger partial charge on any atom is 0.292 e. The Hall–Kier alpha value is -2.48. The second-order valence-electron chi connectivity index (χ2n) is 8.94. The summed E-state index contributed by atoms with van der Waals surface area (Å²) < 4.78 is 50.3. The summed E-state index contributed by atoms with van der Waals surface area (Å²) in [6, 6.07) is 3.15. The van der Waals surface area contributed by atoms with Gasteiger partial charge >= 0.3 is 0 Å². The summed E-state index contributed by atoms with van der Waals surface area (Å²) in [5.41, 5.74) is 1.53. The van der Waals surface area contributed by atoms with Crippen molar-refractivity contribution < 1.29 is 17.5 Å². The second kappa shape index (κ2) is 10.6. The van der Waals surface area contributed by atoms with Crippen LogP contribution in [0, 0.1) is 17.3 Å². The van der Waals surface area contributed by atoms with Crippen LogP contribution in [0.1, 0.15) is 88.8 Å². The maximum absolute atomic E-state index is 14.3. The zero-order valence-electron chi connectivity index (χ0n) is 20.5. The Balaban J connectivity index is 2.51. The smallest absolute Gasteiger partial charge is 0.292 e. The number of benzene rings is 1. The van der Waals surface area contributed by atoms with Crippen molar-refractivity contribution in [1.29, 1.82) is 5.26 Å². The fourth-order valence-electron chi connectivity index (χ4n) is 3.93. The van der Waals surface area contributed by atoms with Crippen molar-refractivity contribution in [3.63, 3.8) is 0 Å². The van der Waals surface area contributed by atoms with E-state index in [0.29, 0.717) is 5.56 Å². The van der Waals surface area contributed by atoms with Crippen LogP contribution in [-0.2, 0) is 10.0 Å². The number of rotatable bonds is 10. The highest BCUT2D eigenvalue weighted by Crippen LogP contribution is 2.35. The first kappa shape index (κ1) is 26.8. The van der Waals surface area contributed by atoms with E-state index in [1.54, 1.807) is 23.9 Å². The van der Waals surface area contributed by atoms with Gasteiger partial charge < -0.3 is 9.64 Å². The largest absolute Gasteiger partial charge is 0.387 e. The van der Waals surface area contributed by atoms with Crippen molar-refractivity contribution in [1.82, 2.24) is 19.4 Å². The number of nitrogens with zero attached hydrogens (tertiary/aromatic N) is 4. The SMILES string of the molecule is CCC(c1cc(S(=O)(=O)NC(C)c2cc(F)cc(C(C)C)c2OC#N)nn1C(C)C)N(C)C. The lowest BCUT2D eigenvalue weighted by atomic mass is 9.96. The molecular weight excluding hydrogens is 445 g/mol. The number of sulfonamides is 1.